The lowest BCUT2D eigenvalue weighted by Crippen LogP contribution is -2.51. The quantitative estimate of drug-likeness (QED) is 0.0883. The van der Waals surface area contributed by atoms with E-state index < -0.39 is 24.3 Å². The van der Waals surface area contributed by atoms with Crippen molar-refractivity contribution < 1.29 is 28.7 Å². The molecule has 386 valence electrons. The predicted molar refractivity (Wildman–Crippen MR) is 289 cm³/mol. The molecule has 4 amide bonds. The molecule has 14 nitrogen and oxygen atoms in total. The summed E-state index contributed by atoms with van der Waals surface area (Å²) in [5.41, 5.74) is 11.6. The van der Waals surface area contributed by atoms with Gasteiger partial charge in [0.15, 0.2) is 0 Å². The van der Waals surface area contributed by atoms with E-state index in [1.54, 1.807) is 48.5 Å². The standard InChI is InChI=1S/C61H66N8O6/c1-37(2)53(66-59(72)74-42-15-7-5-8-16-42)57(70)68-33-13-19-50(68)55-62-36-49(65-55)40-23-21-39(22-24-40)45-27-26-44(46-29-32-61(52(45)46)30-11-12-31-61)41-25-28-47-48(35-41)64-56(63-47)51-20-14-34-69(51)58(71)54(38(3)4)67-60(73)75-43-17-9-6-10-18-43/h5-10,15-18,21-28,35-38,50-51,53-54H,11-14,19-20,29-34H2,1-4H3,(H,62,65)(H,63,64)(H,66,72)(H,67,73). The number of para-hydroxylation sites is 2. The lowest BCUT2D eigenvalue weighted by atomic mass is 9.76. The van der Waals surface area contributed by atoms with Gasteiger partial charge in [0.05, 0.1) is 35.0 Å². The third-order valence-electron chi connectivity index (χ3n) is 16.2. The summed E-state index contributed by atoms with van der Waals surface area (Å²) < 4.78 is 11.0. The van der Waals surface area contributed by atoms with Gasteiger partial charge in [0.2, 0.25) is 11.8 Å². The molecule has 3 fully saturated rings. The van der Waals surface area contributed by atoms with Crippen molar-refractivity contribution in [2.24, 2.45) is 11.8 Å². The molecule has 2 saturated heterocycles. The molecule has 4 heterocycles. The molecule has 2 aromatic heterocycles. The number of carbonyl (C=O) groups is 4. The number of aromatic nitrogens is 4. The Morgan fingerprint density at radius 3 is 1.75 bits per heavy atom. The van der Waals surface area contributed by atoms with Crippen molar-refractivity contribution in [1.82, 2.24) is 40.4 Å². The van der Waals surface area contributed by atoms with Crippen molar-refractivity contribution in [2.45, 2.75) is 121 Å². The molecule has 0 bridgehead atoms. The number of benzene rings is 5. The van der Waals surface area contributed by atoms with Crippen molar-refractivity contribution >= 4 is 35.0 Å². The highest BCUT2D eigenvalue weighted by molar-refractivity contribution is 5.89. The van der Waals surface area contributed by atoms with E-state index in [1.165, 1.54) is 53.5 Å². The number of fused-ring (bicyclic) bond motifs is 3. The smallest absolute Gasteiger partial charge is 0.410 e. The topological polar surface area (TPSA) is 175 Å². The highest BCUT2D eigenvalue weighted by atomic mass is 16.6. The predicted octanol–water partition coefficient (Wildman–Crippen LogP) is 12.0. The van der Waals surface area contributed by atoms with Crippen LogP contribution in [0.15, 0.2) is 121 Å². The van der Waals surface area contributed by atoms with Gasteiger partial charge in [-0.1, -0.05) is 119 Å². The Bertz CT molecular complexity index is 3220. The first-order valence-electron chi connectivity index (χ1n) is 26.9. The van der Waals surface area contributed by atoms with Crippen LogP contribution in [0.4, 0.5) is 9.59 Å². The van der Waals surface area contributed by atoms with Gasteiger partial charge >= 0.3 is 12.2 Å². The highest BCUT2D eigenvalue weighted by Crippen LogP contribution is 2.55. The van der Waals surface area contributed by atoms with Gasteiger partial charge in [-0.15, -0.1) is 0 Å². The van der Waals surface area contributed by atoms with Gasteiger partial charge in [-0.2, -0.15) is 0 Å². The first-order valence-corrected chi connectivity index (χ1v) is 26.9. The van der Waals surface area contributed by atoms with Crippen LogP contribution in [-0.4, -0.2) is 78.9 Å². The number of rotatable bonds is 13. The van der Waals surface area contributed by atoms with Crippen molar-refractivity contribution in [3.05, 3.63) is 144 Å². The van der Waals surface area contributed by atoms with Crippen LogP contribution in [0.25, 0.3) is 44.5 Å². The lowest BCUT2D eigenvalue weighted by Gasteiger charge is -2.30. The lowest BCUT2D eigenvalue weighted by molar-refractivity contribution is -0.136. The van der Waals surface area contributed by atoms with Crippen LogP contribution in [-0.2, 0) is 21.4 Å². The van der Waals surface area contributed by atoms with Crippen LogP contribution in [0.2, 0.25) is 0 Å². The number of hydrogen-bond donors (Lipinski definition) is 4. The summed E-state index contributed by atoms with van der Waals surface area (Å²) in [4.78, 5) is 74.9. The minimum atomic E-state index is -0.753. The zero-order valence-electron chi connectivity index (χ0n) is 43.2. The Labute approximate surface area is 438 Å². The summed E-state index contributed by atoms with van der Waals surface area (Å²) >= 11 is 0. The van der Waals surface area contributed by atoms with E-state index in [2.05, 4.69) is 75.2 Å². The van der Waals surface area contributed by atoms with Crippen molar-refractivity contribution in [3.63, 3.8) is 0 Å². The van der Waals surface area contributed by atoms with Crippen LogP contribution < -0.4 is 20.1 Å². The average Bonchev–Trinajstić information content (AvgIpc) is 4.32. The van der Waals surface area contributed by atoms with Gasteiger partial charge in [-0.05, 0) is 144 Å². The molecule has 1 spiro atoms. The summed E-state index contributed by atoms with van der Waals surface area (Å²) in [7, 11) is 0. The van der Waals surface area contributed by atoms with Gasteiger partial charge in [0.25, 0.3) is 0 Å². The Hall–Kier alpha value is -7.74. The summed E-state index contributed by atoms with van der Waals surface area (Å²) in [5.74, 6) is 1.72. The maximum atomic E-state index is 14.2. The molecule has 4 unspecified atom stereocenters. The van der Waals surface area contributed by atoms with Gasteiger partial charge in [0.1, 0.15) is 35.2 Å². The number of carbonyl (C=O) groups excluding carboxylic acids is 4. The second-order valence-corrected chi connectivity index (χ2v) is 21.6. The fraction of sp³-hybridized carbons (Fsp3) is 0.377. The van der Waals surface area contributed by atoms with Gasteiger partial charge in [-0.25, -0.2) is 19.6 Å². The molecule has 1 saturated carbocycles. The van der Waals surface area contributed by atoms with Gasteiger partial charge < -0.3 is 39.9 Å². The van der Waals surface area contributed by atoms with Crippen LogP contribution in [0.3, 0.4) is 0 Å². The molecule has 2 aliphatic carbocycles. The summed E-state index contributed by atoms with van der Waals surface area (Å²) in [6.07, 6.45) is 10.8. The van der Waals surface area contributed by atoms with Crippen LogP contribution in [0.1, 0.15) is 120 Å². The Balaban J connectivity index is 0.810. The maximum absolute atomic E-state index is 14.2. The molecule has 11 rings (SSSR count). The highest BCUT2D eigenvalue weighted by Gasteiger charge is 2.44. The van der Waals surface area contributed by atoms with Crippen LogP contribution in [0, 0.1) is 11.8 Å². The number of amides is 4. The zero-order valence-corrected chi connectivity index (χ0v) is 43.2. The number of nitrogens with zero attached hydrogens (tertiary/aromatic N) is 4. The minimum Gasteiger partial charge on any atom is -0.410 e. The zero-order chi connectivity index (χ0) is 51.8. The number of likely N-dealkylation sites (tertiary alicyclic amines) is 2. The summed E-state index contributed by atoms with van der Waals surface area (Å²) in [6.45, 7) is 8.87. The minimum absolute atomic E-state index is 0.141. The van der Waals surface area contributed by atoms with E-state index in [9.17, 15) is 19.2 Å². The number of hydrogen-bond acceptors (Lipinski definition) is 8. The fourth-order valence-corrected chi connectivity index (χ4v) is 12.4. The third kappa shape index (κ3) is 9.90. The molecule has 7 aromatic rings. The van der Waals surface area contributed by atoms with E-state index >= 15 is 0 Å². The molecule has 4 aliphatic rings. The second-order valence-electron chi connectivity index (χ2n) is 21.6. The van der Waals surface area contributed by atoms with E-state index in [0.717, 1.165) is 78.0 Å². The van der Waals surface area contributed by atoms with E-state index in [1.807, 2.05) is 55.8 Å². The number of ether oxygens (including phenoxy) is 2. The third-order valence-corrected chi connectivity index (χ3v) is 16.2. The maximum Gasteiger partial charge on any atom is 0.413 e. The molecule has 4 atom stereocenters. The fourth-order valence-electron chi connectivity index (χ4n) is 12.4. The molecular weight excluding hydrogens is 941 g/mol. The van der Waals surface area contributed by atoms with E-state index in [0.29, 0.717) is 24.6 Å². The number of H-pyrrole nitrogens is 2. The van der Waals surface area contributed by atoms with Crippen molar-refractivity contribution in [1.29, 1.82) is 0 Å². The normalized spacial score (nSPS) is 18.7. The van der Waals surface area contributed by atoms with Crippen molar-refractivity contribution in [2.75, 3.05) is 13.1 Å². The van der Waals surface area contributed by atoms with Crippen molar-refractivity contribution in [3.8, 4) is 45.0 Å². The Morgan fingerprint density at radius 2 is 1.16 bits per heavy atom. The molecule has 5 aromatic carbocycles. The SMILES string of the molecule is CC(C)C(NC(=O)Oc1ccccc1)C(=O)N1CCCC1c1ncc(-c2ccc(-c3ccc(-c4ccc5nc(C6CCCN6C(=O)C(NC(=O)Oc6ccccc6)C(C)C)[nH]c5c4)c4c3C3(CCCC3)CC4)cc2)[nH]1. The molecule has 14 heteroatoms. The first kappa shape index (κ1) is 49.5. The Morgan fingerprint density at radius 1 is 0.613 bits per heavy atom. The largest absolute Gasteiger partial charge is 0.413 e. The number of aromatic amines is 2. The van der Waals surface area contributed by atoms with E-state index in [4.69, 9.17) is 19.4 Å². The molecular formula is C61H66N8O6. The van der Waals surface area contributed by atoms with Gasteiger partial charge in [0, 0.05) is 13.1 Å². The van der Waals surface area contributed by atoms with Crippen LogP contribution in [0.5, 0.6) is 11.5 Å². The summed E-state index contributed by atoms with van der Waals surface area (Å²) in [6, 6.07) is 35.7. The second kappa shape index (κ2) is 20.9. The molecule has 4 N–H and O–H groups in total. The number of nitrogens with one attached hydrogen (secondary N) is 4. The Kier molecular flexibility index (Phi) is 13.8. The van der Waals surface area contributed by atoms with Crippen LogP contribution >= 0.6 is 0 Å². The summed E-state index contributed by atoms with van der Waals surface area (Å²) in [5, 5.41) is 5.68. The average molecular weight is 1010 g/mol. The monoisotopic (exact) mass is 1010 g/mol. The van der Waals surface area contributed by atoms with Gasteiger partial charge in [-0.3, -0.25) is 9.59 Å². The first-order chi connectivity index (χ1) is 36.4. The van der Waals surface area contributed by atoms with E-state index in [-0.39, 0.29) is 41.1 Å². The molecule has 75 heavy (non-hydrogen) atoms. The molecule has 0 radical (unpaired) electrons. The molecule has 2 aliphatic heterocycles. The number of imidazole rings is 2.